The summed E-state index contributed by atoms with van der Waals surface area (Å²) in [5, 5.41) is 16.8. The Hall–Kier alpha value is -1.86. The molecule has 9 nitrogen and oxygen atoms in total. The van der Waals surface area contributed by atoms with Crippen molar-refractivity contribution in [1.82, 2.24) is 0 Å². The van der Waals surface area contributed by atoms with Crippen LogP contribution in [0.5, 0.6) is 0 Å². The Morgan fingerprint density at radius 1 is 1.69 bits per heavy atom. The molecule has 0 heterocycles. The van der Waals surface area contributed by atoms with Gasteiger partial charge in [0.15, 0.2) is 0 Å². The zero-order valence-corrected chi connectivity index (χ0v) is 6.68. The van der Waals surface area contributed by atoms with Gasteiger partial charge in [-0.05, 0) is 0 Å². The monoisotopic (exact) mass is 209 g/mol. The number of carbonyl (C=O) groups excluding carboxylic acids is 2. The quantitative estimate of drug-likeness (QED) is 0.204. The molecule has 1 atom stereocenters. The molecule has 0 aromatic carbocycles. The third-order valence-electron chi connectivity index (χ3n) is 0.759. The molecule has 1 unspecified atom stereocenters. The van der Waals surface area contributed by atoms with Gasteiger partial charge in [0.1, 0.15) is 4.33 Å². The summed E-state index contributed by atoms with van der Waals surface area (Å²) in [6.07, 6.45) is -1.63. The number of hydrogen-bond acceptors (Lipinski definition) is 7. The lowest BCUT2D eigenvalue weighted by atomic mass is 11.2. The van der Waals surface area contributed by atoms with E-state index in [4.69, 9.17) is 9.81 Å². The van der Waals surface area contributed by atoms with Gasteiger partial charge in [-0.3, -0.25) is 4.55 Å². The average Bonchev–Trinajstić information content (AvgIpc) is 2.01. The van der Waals surface area contributed by atoms with Crippen LogP contribution in [-0.4, -0.2) is 20.3 Å². The first kappa shape index (κ1) is 11.1. The second kappa shape index (κ2) is 3.70. The summed E-state index contributed by atoms with van der Waals surface area (Å²) in [4.78, 5) is 30.5. The molecule has 0 radical (unpaired) electrons. The number of hydrogen-bond donors (Lipinski definition) is 2. The lowest BCUT2D eigenvalue weighted by Crippen LogP contribution is -2.24. The number of nitrogens with two attached hydrogens (primary N) is 1. The van der Waals surface area contributed by atoms with Gasteiger partial charge in [0.25, 0.3) is 0 Å². The minimum Gasteiger partial charge on any atom is -0.363 e. The topological polar surface area (TPSA) is 157 Å². The fourth-order valence-corrected chi connectivity index (χ4v) is 0.733. The molecule has 0 aromatic heterocycles. The van der Waals surface area contributed by atoms with E-state index >= 15 is 0 Å². The minimum absolute atomic E-state index is 0.741. The third-order valence-corrected chi connectivity index (χ3v) is 1.99. The Bertz CT molecular complexity index is 309. The zero-order valence-electron chi connectivity index (χ0n) is 5.87. The molecule has 0 rings (SSSR count). The standard InChI is InChI=1S/C3H3N3O6S/c4-1-13(11,6(9)10)3(8)12-2(5)7/h11H,(H2,5,7). The van der Waals surface area contributed by atoms with Crippen molar-refractivity contribution in [2.45, 2.75) is 0 Å². The van der Waals surface area contributed by atoms with Crippen molar-refractivity contribution in [2.75, 3.05) is 0 Å². The van der Waals surface area contributed by atoms with E-state index in [0.717, 1.165) is 5.40 Å². The number of nitro groups is 1. The molecule has 0 spiro atoms. The fourth-order valence-electron chi connectivity index (χ4n) is 0.272. The van der Waals surface area contributed by atoms with E-state index in [1.165, 1.54) is 0 Å². The van der Waals surface area contributed by atoms with Crippen LogP contribution in [0.3, 0.4) is 0 Å². The number of amides is 1. The maximum atomic E-state index is 10.5. The lowest BCUT2D eigenvalue weighted by molar-refractivity contribution is -0.302. The van der Waals surface area contributed by atoms with Crippen molar-refractivity contribution in [3.63, 3.8) is 0 Å². The van der Waals surface area contributed by atoms with Crippen molar-refractivity contribution in [3.05, 3.63) is 10.1 Å². The smallest absolute Gasteiger partial charge is 0.363 e. The molecule has 0 fully saturated rings. The van der Waals surface area contributed by atoms with Gasteiger partial charge in [0.05, 0.1) is 0 Å². The highest BCUT2D eigenvalue weighted by atomic mass is 32.3. The largest absolute Gasteiger partial charge is 0.459 e. The van der Waals surface area contributed by atoms with Crippen molar-refractivity contribution >= 4 is 21.9 Å². The summed E-state index contributed by atoms with van der Waals surface area (Å²) in [7, 11) is -4.50. The van der Waals surface area contributed by atoms with E-state index in [0.29, 0.717) is 0 Å². The summed E-state index contributed by atoms with van der Waals surface area (Å²) in [5.74, 6) is 0. The minimum atomic E-state index is -4.50. The van der Waals surface area contributed by atoms with Crippen LogP contribution in [0, 0.1) is 20.8 Å². The summed E-state index contributed by atoms with van der Waals surface area (Å²) < 4.78 is 10.7. The van der Waals surface area contributed by atoms with E-state index in [1.54, 1.807) is 0 Å². The van der Waals surface area contributed by atoms with Crippen molar-refractivity contribution < 1.29 is 23.2 Å². The van der Waals surface area contributed by atoms with Crippen LogP contribution in [0.4, 0.5) is 9.59 Å². The summed E-state index contributed by atoms with van der Waals surface area (Å²) in [5.41, 5.74) is 4.33. The maximum Gasteiger partial charge on any atom is 0.459 e. The summed E-state index contributed by atoms with van der Waals surface area (Å²) in [6.45, 7) is 0. The number of primary amides is 1. The van der Waals surface area contributed by atoms with Crippen LogP contribution < -0.4 is 5.73 Å². The average molecular weight is 209 g/mol. The van der Waals surface area contributed by atoms with Crippen molar-refractivity contribution in [2.24, 2.45) is 5.73 Å². The molecule has 0 bridgehead atoms. The van der Waals surface area contributed by atoms with Gasteiger partial charge >= 0.3 is 21.9 Å². The van der Waals surface area contributed by atoms with E-state index in [2.05, 4.69) is 10.5 Å². The molecule has 0 saturated heterocycles. The Morgan fingerprint density at radius 2 is 2.15 bits per heavy atom. The van der Waals surface area contributed by atoms with E-state index < -0.39 is 26.2 Å². The second-order valence-corrected chi connectivity index (χ2v) is 3.45. The Labute approximate surface area is 72.5 Å². The van der Waals surface area contributed by atoms with Crippen LogP contribution in [0.1, 0.15) is 0 Å². The van der Waals surface area contributed by atoms with Gasteiger partial charge in [0.2, 0.25) is 5.40 Å². The fraction of sp³-hybridized carbons (Fsp3) is 0. The van der Waals surface area contributed by atoms with Crippen LogP contribution in [-0.2, 0) is 4.74 Å². The number of thiocyanates is 1. The molecule has 0 saturated carbocycles. The molecular weight excluding hydrogens is 206 g/mol. The van der Waals surface area contributed by atoms with E-state index in [-0.39, 0.29) is 0 Å². The van der Waals surface area contributed by atoms with Crippen molar-refractivity contribution in [3.8, 4) is 5.40 Å². The van der Waals surface area contributed by atoms with Gasteiger partial charge in [0, 0.05) is 0 Å². The molecule has 13 heavy (non-hydrogen) atoms. The lowest BCUT2D eigenvalue weighted by Gasteiger charge is -2.10. The number of carbonyl (C=O) groups is 2. The first-order chi connectivity index (χ1) is 5.84. The molecule has 0 aliphatic heterocycles. The molecule has 0 aliphatic rings. The molecule has 72 valence electrons. The number of ether oxygens (including phenoxy) is 1. The van der Waals surface area contributed by atoms with Crippen LogP contribution in [0.2, 0.25) is 0 Å². The molecular formula is C3H3N3O6S. The van der Waals surface area contributed by atoms with Gasteiger partial charge < -0.3 is 10.5 Å². The summed E-state index contributed by atoms with van der Waals surface area (Å²) in [6, 6.07) is 0. The number of rotatable bonds is 1. The number of nitrogens with zero attached hydrogens (tertiary/aromatic N) is 2. The van der Waals surface area contributed by atoms with Crippen LogP contribution in [0.25, 0.3) is 0 Å². The molecule has 1 amide bonds. The van der Waals surface area contributed by atoms with Gasteiger partial charge in [-0.25, -0.2) is 19.7 Å². The first-order valence-electron chi connectivity index (χ1n) is 2.47. The van der Waals surface area contributed by atoms with Gasteiger partial charge in [-0.1, -0.05) is 0 Å². The predicted molar refractivity (Wildman–Crippen MR) is 38.9 cm³/mol. The first-order valence-corrected chi connectivity index (χ1v) is 4.01. The SMILES string of the molecule is N#CS(O)(C(=O)OC(N)=O)[N+](=O)[O-]. The third kappa shape index (κ3) is 2.29. The summed E-state index contributed by atoms with van der Waals surface area (Å²) >= 11 is 0. The highest BCUT2D eigenvalue weighted by Gasteiger charge is 2.47. The Balaban J connectivity index is 4.81. The van der Waals surface area contributed by atoms with Crippen molar-refractivity contribution in [1.29, 1.82) is 5.26 Å². The second-order valence-electron chi connectivity index (χ2n) is 1.53. The highest BCUT2D eigenvalue weighted by Crippen LogP contribution is 2.43. The number of nitriles is 1. The van der Waals surface area contributed by atoms with E-state index in [1.807, 2.05) is 0 Å². The van der Waals surface area contributed by atoms with Crippen LogP contribution >= 0.6 is 10.5 Å². The predicted octanol–water partition coefficient (Wildman–Crippen LogP) is 0.152. The molecule has 10 heteroatoms. The Morgan fingerprint density at radius 3 is 2.38 bits per heavy atom. The Kier molecular flexibility index (Phi) is 3.17. The van der Waals surface area contributed by atoms with E-state index in [9.17, 15) is 19.7 Å². The van der Waals surface area contributed by atoms with Crippen LogP contribution in [0.15, 0.2) is 0 Å². The highest BCUT2D eigenvalue weighted by molar-refractivity contribution is 8.39. The zero-order chi connectivity index (χ0) is 10.6. The van der Waals surface area contributed by atoms with Gasteiger partial charge in [-0.2, -0.15) is 5.26 Å². The molecule has 3 N–H and O–H groups in total. The van der Waals surface area contributed by atoms with Gasteiger partial charge in [-0.15, -0.1) is 0 Å². The maximum absolute atomic E-state index is 10.5. The molecule has 0 aromatic rings. The normalized spacial score (nSPS) is 16.0. The molecule has 0 aliphatic carbocycles.